The second-order valence-corrected chi connectivity index (χ2v) is 4.31. The maximum absolute atomic E-state index is 11.4. The van der Waals surface area contributed by atoms with Crippen LogP contribution in [0.15, 0.2) is 18.2 Å². The SMILES string of the molecule is CC(=O)c1cc(C)ccc1OC(=O)CCC(=O)Cl. The van der Waals surface area contributed by atoms with Crippen LogP contribution in [-0.4, -0.2) is 17.0 Å². The van der Waals surface area contributed by atoms with Gasteiger partial charge in [-0.1, -0.05) is 11.6 Å². The van der Waals surface area contributed by atoms with Crippen molar-refractivity contribution >= 4 is 28.6 Å². The van der Waals surface area contributed by atoms with Crippen molar-refractivity contribution in [3.63, 3.8) is 0 Å². The van der Waals surface area contributed by atoms with E-state index in [0.29, 0.717) is 5.56 Å². The number of aryl methyl sites for hydroxylation is 1. The Labute approximate surface area is 110 Å². The average Bonchev–Trinajstić information content (AvgIpc) is 2.28. The van der Waals surface area contributed by atoms with E-state index >= 15 is 0 Å². The lowest BCUT2D eigenvalue weighted by molar-refractivity contribution is -0.135. The van der Waals surface area contributed by atoms with Crippen LogP contribution in [0.2, 0.25) is 0 Å². The van der Waals surface area contributed by atoms with Crippen molar-refractivity contribution in [3.05, 3.63) is 29.3 Å². The van der Waals surface area contributed by atoms with Crippen LogP contribution in [0.1, 0.15) is 35.7 Å². The summed E-state index contributed by atoms with van der Waals surface area (Å²) in [6.45, 7) is 3.23. The van der Waals surface area contributed by atoms with Gasteiger partial charge in [0.1, 0.15) is 5.75 Å². The zero-order chi connectivity index (χ0) is 13.7. The lowest BCUT2D eigenvalue weighted by Gasteiger charge is -2.08. The van der Waals surface area contributed by atoms with E-state index < -0.39 is 11.2 Å². The summed E-state index contributed by atoms with van der Waals surface area (Å²) < 4.78 is 5.04. The van der Waals surface area contributed by atoms with Crippen molar-refractivity contribution in [2.75, 3.05) is 0 Å². The number of carbonyl (C=O) groups excluding carboxylic acids is 3. The highest BCUT2D eigenvalue weighted by molar-refractivity contribution is 6.63. The standard InChI is InChI=1S/C13H13ClO4/c1-8-3-4-11(10(7-8)9(2)15)18-13(17)6-5-12(14)16/h3-4,7H,5-6H2,1-2H3. The molecule has 4 nitrogen and oxygen atoms in total. The highest BCUT2D eigenvalue weighted by Crippen LogP contribution is 2.21. The molecule has 0 aliphatic carbocycles. The Balaban J connectivity index is 2.81. The van der Waals surface area contributed by atoms with Crippen LogP contribution in [0.3, 0.4) is 0 Å². The topological polar surface area (TPSA) is 60.4 Å². The summed E-state index contributed by atoms with van der Waals surface area (Å²) in [5, 5.41) is -0.595. The molecular weight excluding hydrogens is 256 g/mol. The van der Waals surface area contributed by atoms with E-state index in [1.54, 1.807) is 18.2 Å². The number of ketones is 1. The molecule has 0 aliphatic heterocycles. The Morgan fingerprint density at radius 3 is 2.44 bits per heavy atom. The minimum atomic E-state index is -0.595. The smallest absolute Gasteiger partial charge is 0.311 e. The predicted molar refractivity (Wildman–Crippen MR) is 66.9 cm³/mol. The minimum absolute atomic E-state index is 0.0817. The van der Waals surface area contributed by atoms with Crippen molar-refractivity contribution in [2.45, 2.75) is 26.7 Å². The van der Waals surface area contributed by atoms with Crippen molar-refractivity contribution < 1.29 is 19.1 Å². The van der Waals surface area contributed by atoms with Crippen molar-refractivity contribution in [1.29, 1.82) is 0 Å². The summed E-state index contributed by atoms with van der Waals surface area (Å²) >= 11 is 5.13. The number of halogens is 1. The van der Waals surface area contributed by atoms with E-state index in [2.05, 4.69) is 0 Å². The normalized spacial score (nSPS) is 9.94. The number of Topliss-reactive ketones (excluding diaryl/α,β-unsaturated/α-hetero) is 1. The van der Waals surface area contributed by atoms with Crippen LogP contribution in [0, 0.1) is 6.92 Å². The van der Waals surface area contributed by atoms with Crippen LogP contribution >= 0.6 is 11.6 Å². The summed E-state index contributed by atoms with van der Waals surface area (Å²) in [5.41, 5.74) is 1.25. The van der Waals surface area contributed by atoms with Crippen LogP contribution in [0.5, 0.6) is 5.75 Å². The molecule has 0 aliphatic rings. The summed E-state index contributed by atoms with van der Waals surface area (Å²) in [5.74, 6) is -0.564. The molecule has 0 saturated heterocycles. The molecule has 1 rings (SSSR count). The van der Waals surface area contributed by atoms with E-state index in [1.165, 1.54) is 6.92 Å². The average molecular weight is 269 g/mol. The van der Waals surface area contributed by atoms with Gasteiger partial charge in [-0.2, -0.15) is 0 Å². The third-order valence-corrected chi connectivity index (χ3v) is 2.45. The Kier molecular flexibility index (Phi) is 5.04. The summed E-state index contributed by atoms with van der Waals surface area (Å²) in [7, 11) is 0. The summed E-state index contributed by atoms with van der Waals surface area (Å²) in [4.78, 5) is 33.4. The van der Waals surface area contributed by atoms with Gasteiger partial charge in [-0.05, 0) is 37.6 Å². The molecule has 0 atom stereocenters. The van der Waals surface area contributed by atoms with E-state index in [9.17, 15) is 14.4 Å². The Morgan fingerprint density at radius 2 is 1.89 bits per heavy atom. The molecule has 0 heterocycles. The number of ether oxygens (including phenoxy) is 1. The van der Waals surface area contributed by atoms with Crippen molar-refractivity contribution in [2.24, 2.45) is 0 Å². The largest absolute Gasteiger partial charge is 0.426 e. The van der Waals surface area contributed by atoms with Crippen LogP contribution < -0.4 is 4.74 Å². The zero-order valence-electron chi connectivity index (χ0n) is 10.2. The molecule has 0 N–H and O–H groups in total. The molecule has 1 aromatic carbocycles. The number of hydrogen-bond donors (Lipinski definition) is 0. The molecule has 0 amide bonds. The van der Waals surface area contributed by atoms with Crippen LogP contribution in [0.4, 0.5) is 0 Å². The van der Waals surface area contributed by atoms with E-state index in [0.717, 1.165) is 5.56 Å². The van der Waals surface area contributed by atoms with E-state index in [1.807, 2.05) is 6.92 Å². The number of benzene rings is 1. The highest BCUT2D eigenvalue weighted by atomic mass is 35.5. The number of carbonyl (C=O) groups is 3. The Morgan fingerprint density at radius 1 is 1.22 bits per heavy atom. The third-order valence-electron chi connectivity index (χ3n) is 2.26. The molecule has 0 aromatic heterocycles. The second-order valence-electron chi connectivity index (χ2n) is 3.88. The lowest BCUT2D eigenvalue weighted by Crippen LogP contribution is -2.11. The van der Waals surface area contributed by atoms with Gasteiger partial charge in [0.2, 0.25) is 5.24 Å². The molecule has 0 fully saturated rings. The Bertz CT molecular complexity index is 494. The molecule has 0 bridgehead atoms. The zero-order valence-corrected chi connectivity index (χ0v) is 10.9. The fourth-order valence-electron chi connectivity index (χ4n) is 1.38. The van der Waals surface area contributed by atoms with Gasteiger partial charge in [0, 0.05) is 6.42 Å². The van der Waals surface area contributed by atoms with Gasteiger partial charge in [-0.15, -0.1) is 0 Å². The maximum Gasteiger partial charge on any atom is 0.311 e. The first-order valence-corrected chi connectivity index (χ1v) is 5.78. The van der Waals surface area contributed by atoms with Gasteiger partial charge in [-0.3, -0.25) is 14.4 Å². The number of hydrogen-bond acceptors (Lipinski definition) is 4. The van der Waals surface area contributed by atoms with Gasteiger partial charge in [0.25, 0.3) is 0 Å². The molecule has 0 saturated carbocycles. The fourth-order valence-corrected chi connectivity index (χ4v) is 1.48. The van der Waals surface area contributed by atoms with Gasteiger partial charge in [0.15, 0.2) is 5.78 Å². The van der Waals surface area contributed by atoms with Gasteiger partial charge in [-0.25, -0.2) is 0 Å². The van der Waals surface area contributed by atoms with Gasteiger partial charge in [0.05, 0.1) is 12.0 Å². The molecule has 0 radical (unpaired) electrons. The lowest BCUT2D eigenvalue weighted by atomic mass is 10.1. The van der Waals surface area contributed by atoms with Crippen molar-refractivity contribution in [1.82, 2.24) is 0 Å². The molecule has 0 unspecified atom stereocenters. The minimum Gasteiger partial charge on any atom is -0.426 e. The molecular formula is C13H13ClO4. The monoisotopic (exact) mass is 268 g/mol. The quantitative estimate of drug-likeness (QED) is 0.356. The molecule has 96 valence electrons. The summed E-state index contributed by atoms with van der Waals surface area (Å²) in [6, 6.07) is 4.95. The van der Waals surface area contributed by atoms with Gasteiger partial charge < -0.3 is 4.74 Å². The third kappa shape index (κ3) is 4.30. The molecule has 5 heteroatoms. The number of esters is 1. The molecule has 0 spiro atoms. The fraction of sp³-hybridized carbons (Fsp3) is 0.308. The van der Waals surface area contributed by atoms with Crippen molar-refractivity contribution in [3.8, 4) is 5.75 Å². The van der Waals surface area contributed by atoms with Gasteiger partial charge >= 0.3 is 5.97 Å². The second kappa shape index (κ2) is 6.31. The van der Waals surface area contributed by atoms with Crippen LogP contribution in [0.25, 0.3) is 0 Å². The first-order chi connectivity index (χ1) is 8.40. The molecule has 18 heavy (non-hydrogen) atoms. The predicted octanol–water partition coefficient (Wildman–Crippen LogP) is 2.65. The highest BCUT2D eigenvalue weighted by Gasteiger charge is 2.13. The Hall–Kier alpha value is -1.68. The number of rotatable bonds is 5. The van der Waals surface area contributed by atoms with Crippen LogP contribution in [-0.2, 0) is 9.59 Å². The molecule has 1 aromatic rings. The first kappa shape index (κ1) is 14.4. The van der Waals surface area contributed by atoms with E-state index in [-0.39, 0.29) is 24.4 Å². The van der Waals surface area contributed by atoms with E-state index in [4.69, 9.17) is 16.3 Å². The first-order valence-electron chi connectivity index (χ1n) is 5.40. The maximum atomic E-state index is 11.4. The summed E-state index contributed by atoms with van der Waals surface area (Å²) in [6.07, 6.45) is -0.185.